The number of aryl methyl sites for hydroxylation is 2. The van der Waals surface area contributed by atoms with Crippen LogP contribution in [0.5, 0.6) is 0 Å². The summed E-state index contributed by atoms with van der Waals surface area (Å²) in [5, 5.41) is 7.18. The van der Waals surface area contributed by atoms with Crippen molar-refractivity contribution in [2.45, 2.75) is 6.92 Å². The average Bonchev–Trinajstić information content (AvgIpc) is 2.92. The molecule has 27 heavy (non-hydrogen) atoms. The Kier molecular flexibility index (Phi) is 5.02. The molecule has 2 heterocycles. The van der Waals surface area contributed by atoms with Crippen LogP contribution >= 0.6 is 23.2 Å². The molecule has 3 rings (SSSR count). The molecule has 8 nitrogen and oxygen atoms in total. The Bertz CT molecular complexity index is 1110. The van der Waals surface area contributed by atoms with Gasteiger partial charge < -0.3 is 5.32 Å². The van der Waals surface area contributed by atoms with E-state index in [0.29, 0.717) is 11.3 Å². The van der Waals surface area contributed by atoms with Gasteiger partial charge in [0.1, 0.15) is 5.70 Å². The molecule has 11 heteroatoms. The molecule has 0 saturated carbocycles. The Morgan fingerprint density at radius 1 is 1.22 bits per heavy atom. The lowest BCUT2D eigenvalue weighted by molar-refractivity contribution is -0.113. The van der Waals surface area contributed by atoms with E-state index in [2.05, 4.69) is 14.8 Å². The number of hydrogen-bond donors (Lipinski definition) is 1. The van der Waals surface area contributed by atoms with E-state index in [-0.39, 0.29) is 27.1 Å². The Morgan fingerprint density at radius 2 is 1.93 bits per heavy atom. The summed E-state index contributed by atoms with van der Waals surface area (Å²) < 4.78 is 30.9. The lowest BCUT2D eigenvalue weighted by atomic mass is 10.1. The number of anilines is 1. The molecule has 142 valence electrons. The SMILES string of the molecule is Cc1nn(C)cc1C1=NS(=O)(=O)N(C)C(C(=O)Nc2cccc(Cl)c2Cl)=C1. The maximum absolute atomic E-state index is 12.7. The van der Waals surface area contributed by atoms with Crippen LogP contribution in [0.2, 0.25) is 10.0 Å². The van der Waals surface area contributed by atoms with Crippen molar-refractivity contribution in [2.75, 3.05) is 12.4 Å². The van der Waals surface area contributed by atoms with E-state index in [1.807, 2.05) is 0 Å². The zero-order valence-electron chi connectivity index (χ0n) is 14.6. The highest BCUT2D eigenvalue weighted by Gasteiger charge is 2.31. The van der Waals surface area contributed by atoms with Gasteiger partial charge in [0.25, 0.3) is 5.91 Å². The van der Waals surface area contributed by atoms with Crippen LogP contribution in [-0.4, -0.2) is 41.2 Å². The minimum atomic E-state index is -4.07. The normalized spacial score (nSPS) is 16.0. The zero-order valence-corrected chi connectivity index (χ0v) is 16.9. The molecule has 1 aliphatic heterocycles. The van der Waals surface area contributed by atoms with E-state index >= 15 is 0 Å². The molecule has 0 aliphatic carbocycles. The van der Waals surface area contributed by atoms with Gasteiger partial charge in [-0.25, -0.2) is 4.31 Å². The fourth-order valence-electron chi connectivity index (χ4n) is 2.53. The van der Waals surface area contributed by atoms with Gasteiger partial charge in [-0.05, 0) is 25.1 Å². The molecule has 1 aromatic carbocycles. The van der Waals surface area contributed by atoms with Crippen molar-refractivity contribution in [1.29, 1.82) is 0 Å². The largest absolute Gasteiger partial charge is 0.345 e. The van der Waals surface area contributed by atoms with Crippen LogP contribution in [0.4, 0.5) is 5.69 Å². The molecule has 1 N–H and O–H groups in total. The Hall–Kier alpha value is -2.36. The number of nitrogens with zero attached hydrogens (tertiary/aromatic N) is 4. The summed E-state index contributed by atoms with van der Waals surface area (Å²) >= 11 is 12.0. The van der Waals surface area contributed by atoms with Crippen molar-refractivity contribution < 1.29 is 13.2 Å². The number of likely N-dealkylation sites (N-methyl/N-ethyl adjacent to an activating group) is 1. The van der Waals surface area contributed by atoms with Gasteiger partial charge in [-0.2, -0.15) is 13.5 Å². The Morgan fingerprint density at radius 3 is 2.56 bits per heavy atom. The van der Waals surface area contributed by atoms with Crippen molar-refractivity contribution in [3.05, 3.63) is 57.5 Å². The second-order valence-corrected chi connectivity index (χ2v) is 8.22. The summed E-state index contributed by atoms with van der Waals surface area (Å²) in [5.41, 5.74) is 1.38. The molecular weight excluding hydrogens is 413 g/mol. The van der Waals surface area contributed by atoms with E-state index in [9.17, 15) is 13.2 Å². The van der Waals surface area contributed by atoms with Crippen molar-refractivity contribution >= 4 is 50.7 Å². The highest BCUT2D eigenvalue weighted by molar-refractivity contribution is 7.88. The highest BCUT2D eigenvalue weighted by atomic mass is 35.5. The fourth-order valence-corrected chi connectivity index (χ4v) is 3.78. The third-order valence-electron chi connectivity index (χ3n) is 3.89. The van der Waals surface area contributed by atoms with Crippen LogP contribution < -0.4 is 5.32 Å². The number of benzene rings is 1. The van der Waals surface area contributed by atoms with Crippen LogP contribution in [0, 0.1) is 6.92 Å². The molecule has 1 aliphatic rings. The van der Waals surface area contributed by atoms with Crippen molar-refractivity contribution in [3.8, 4) is 0 Å². The van der Waals surface area contributed by atoms with Gasteiger partial charge in [-0.15, -0.1) is 4.40 Å². The summed E-state index contributed by atoms with van der Waals surface area (Å²) in [6, 6.07) is 4.75. The standard InChI is InChI=1S/C16H15Cl2N5O3S/c1-9-10(8-22(2)20-9)13-7-14(23(3)27(25,26)21-13)16(24)19-12-6-4-5-11(17)15(12)18/h4-8H,1-3H3,(H,19,24). The number of aromatic nitrogens is 2. The quantitative estimate of drug-likeness (QED) is 0.813. The van der Waals surface area contributed by atoms with E-state index in [1.54, 1.807) is 38.4 Å². The van der Waals surface area contributed by atoms with Crippen LogP contribution in [0.1, 0.15) is 11.3 Å². The molecule has 0 bridgehead atoms. The number of rotatable bonds is 3. The summed E-state index contributed by atoms with van der Waals surface area (Å²) in [7, 11) is -1.12. The van der Waals surface area contributed by atoms with E-state index < -0.39 is 16.1 Å². The topological polar surface area (TPSA) is 96.7 Å². The second kappa shape index (κ2) is 6.99. The zero-order chi connectivity index (χ0) is 19.9. The highest BCUT2D eigenvalue weighted by Crippen LogP contribution is 2.30. The molecule has 0 spiro atoms. The minimum absolute atomic E-state index is 0.112. The molecule has 0 atom stereocenters. The average molecular weight is 428 g/mol. The molecule has 0 unspecified atom stereocenters. The number of carbonyl (C=O) groups excluding carboxylic acids is 1. The van der Waals surface area contributed by atoms with Gasteiger partial charge in [0.2, 0.25) is 0 Å². The van der Waals surface area contributed by atoms with E-state index in [1.165, 1.54) is 17.8 Å². The van der Waals surface area contributed by atoms with E-state index in [0.717, 1.165) is 4.31 Å². The predicted octanol–water partition coefficient (Wildman–Crippen LogP) is 2.54. The van der Waals surface area contributed by atoms with Crippen LogP contribution in [0.15, 0.2) is 40.6 Å². The smallest absolute Gasteiger partial charge is 0.319 e. The first-order valence-corrected chi connectivity index (χ1v) is 9.82. The summed E-state index contributed by atoms with van der Waals surface area (Å²) in [5.74, 6) is -0.667. The number of allylic oxidation sites excluding steroid dienone is 1. The van der Waals surface area contributed by atoms with Gasteiger partial charge in [-0.3, -0.25) is 9.48 Å². The molecule has 1 amide bonds. The molecule has 2 aromatic rings. The van der Waals surface area contributed by atoms with Crippen LogP contribution in [-0.2, 0) is 22.1 Å². The molecule has 1 aromatic heterocycles. The number of carbonyl (C=O) groups is 1. The summed E-state index contributed by atoms with van der Waals surface area (Å²) in [6.45, 7) is 1.72. The van der Waals surface area contributed by atoms with Crippen LogP contribution in [0.25, 0.3) is 0 Å². The summed E-state index contributed by atoms with van der Waals surface area (Å²) in [6.07, 6.45) is 3.02. The molecule has 0 saturated heterocycles. The monoisotopic (exact) mass is 427 g/mol. The maximum atomic E-state index is 12.7. The number of halogens is 2. The lowest BCUT2D eigenvalue weighted by Crippen LogP contribution is -2.35. The number of hydrogen-bond acceptors (Lipinski definition) is 4. The fraction of sp³-hybridized carbons (Fsp3) is 0.188. The number of amides is 1. The van der Waals surface area contributed by atoms with Gasteiger partial charge >= 0.3 is 10.2 Å². The Labute approximate surface area is 166 Å². The first kappa shape index (κ1) is 19.4. The first-order valence-electron chi connectivity index (χ1n) is 7.66. The molecular formula is C16H15Cl2N5O3S. The van der Waals surface area contributed by atoms with E-state index in [4.69, 9.17) is 23.2 Å². The molecule has 0 fully saturated rings. The van der Waals surface area contributed by atoms with Crippen molar-refractivity contribution in [1.82, 2.24) is 14.1 Å². The van der Waals surface area contributed by atoms with Crippen molar-refractivity contribution in [3.63, 3.8) is 0 Å². The first-order chi connectivity index (χ1) is 12.6. The molecule has 0 radical (unpaired) electrons. The van der Waals surface area contributed by atoms with Crippen LogP contribution in [0.3, 0.4) is 0 Å². The Balaban J connectivity index is 2.02. The van der Waals surface area contributed by atoms with Gasteiger partial charge in [0, 0.05) is 25.9 Å². The number of nitrogens with one attached hydrogen (secondary N) is 1. The third kappa shape index (κ3) is 3.71. The summed E-state index contributed by atoms with van der Waals surface area (Å²) in [4.78, 5) is 12.7. The van der Waals surface area contributed by atoms with Crippen molar-refractivity contribution in [2.24, 2.45) is 11.4 Å². The lowest BCUT2D eigenvalue weighted by Gasteiger charge is -2.23. The predicted molar refractivity (Wildman–Crippen MR) is 104 cm³/mol. The minimum Gasteiger partial charge on any atom is -0.319 e. The maximum Gasteiger partial charge on any atom is 0.345 e. The van der Waals surface area contributed by atoms with Gasteiger partial charge in [-0.1, -0.05) is 29.3 Å². The third-order valence-corrected chi connectivity index (χ3v) is 6.03. The van der Waals surface area contributed by atoms with Gasteiger partial charge in [0.15, 0.2) is 0 Å². The van der Waals surface area contributed by atoms with Gasteiger partial charge in [0.05, 0.1) is 27.1 Å². The second-order valence-electron chi connectivity index (χ2n) is 5.81.